The molecule has 0 saturated heterocycles. The summed E-state index contributed by atoms with van der Waals surface area (Å²) in [6.45, 7) is 3.66. The minimum Gasteiger partial charge on any atom is -0.322 e. The SMILES string of the molecule is CCC(C)NS(=O)(=O)c1ccc(C(=O)Nc2cccc(-c3noc(=O)[nH]3)c2)cc1. The molecule has 1 heterocycles. The molecule has 3 N–H and O–H groups in total. The van der Waals surface area contributed by atoms with Crippen molar-refractivity contribution in [1.82, 2.24) is 14.9 Å². The van der Waals surface area contributed by atoms with Crippen molar-refractivity contribution in [3.63, 3.8) is 0 Å². The first-order valence-electron chi connectivity index (χ1n) is 8.88. The van der Waals surface area contributed by atoms with Crippen molar-refractivity contribution in [2.24, 2.45) is 0 Å². The van der Waals surface area contributed by atoms with E-state index in [0.717, 1.165) is 0 Å². The summed E-state index contributed by atoms with van der Waals surface area (Å²) in [5, 5.41) is 6.33. The van der Waals surface area contributed by atoms with Gasteiger partial charge in [-0.1, -0.05) is 24.2 Å². The quantitative estimate of drug-likeness (QED) is 0.541. The third kappa shape index (κ3) is 4.98. The van der Waals surface area contributed by atoms with E-state index in [2.05, 4.69) is 24.7 Å². The molecule has 0 fully saturated rings. The molecule has 29 heavy (non-hydrogen) atoms. The normalized spacial score (nSPS) is 12.5. The van der Waals surface area contributed by atoms with E-state index < -0.39 is 21.7 Å². The average Bonchev–Trinajstić information content (AvgIpc) is 3.14. The highest BCUT2D eigenvalue weighted by atomic mass is 32.2. The van der Waals surface area contributed by atoms with E-state index in [9.17, 15) is 18.0 Å². The number of benzene rings is 2. The van der Waals surface area contributed by atoms with Gasteiger partial charge in [0.25, 0.3) is 5.91 Å². The van der Waals surface area contributed by atoms with Gasteiger partial charge in [-0.05, 0) is 49.7 Å². The number of aromatic nitrogens is 2. The van der Waals surface area contributed by atoms with Crippen molar-refractivity contribution in [3.05, 3.63) is 64.6 Å². The van der Waals surface area contributed by atoms with Crippen molar-refractivity contribution in [1.29, 1.82) is 0 Å². The summed E-state index contributed by atoms with van der Waals surface area (Å²) in [6, 6.07) is 12.2. The average molecular weight is 416 g/mol. The third-order valence-corrected chi connectivity index (χ3v) is 5.84. The molecule has 0 aliphatic rings. The number of H-pyrrole nitrogens is 1. The number of nitrogens with zero attached hydrogens (tertiary/aromatic N) is 1. The summed E-state index contributed by atoms with van der Waals surface area (Å²) >= 11 is 0. The Kier molecular flexibility index (Phi) is 5.95. The van der Waals surface area contributed by atoms with Crippen molar-refractivity contribution in [3.8, 4) is 11.4 Å². The molecule has 3 rings (SSSR count). The monoisotopic (exact) mass is 416 g/mol. The van der Waals surface area contributed by atoms with Gasteiger partial charge in [-0.15, -0.1) is 0 Å². The van der Waals surface area contributed by atoms with Crippen LogP contribution in [0.3, 0.4) is 0 Å². The minimum absolute atomic E-state index is 0.0892. The van der Waals surface area contributed by atoms with Crippen LogP contribution in [0.15, 0.2) is 62.7 Å². The number of nitrogens with one attached hydrogen (secondary N) is 3. The molecule has 1 amide bonds. The lowest BCUT2D eigenvalue weighted by molar-refractivity contribution is 0.102. The number of carbonyl (C=O) groups is 1. The van der Waals surface area contributed by atoms with Crippen LogP contribution in [-0.2, 0) is 10.0 Å². The number of hydrogen-bond acceptors (Lipinski definition) is 6. The third-order valence-electron chi connectivity index (χ3n) is 4.23. The van der Waals surface area contributed by atoms with E-state index in [-0.39, 0.29) is 16.8 Å². The summed E-state index contributed by atoms with van der Waals surface area (Å²) in [4.78, 5) is 26.1. The highest BCUT2D eigenvalue weighted by Gasteiger charge is 2.17. The summed E-state index contributed by atoms with van der Waals surface area (Å²) in [6.07, 6.45) is 0.668. The molecule has 10 heteroatoms. The second-order valence-electron chi connectivity index (χ2n) is 6.43. The fourth-order valence-corrected chi connectivity index (χ4v) is 3.83. The molecule has 2 aromatic carbocycles. The van der Waals surface area contributed by atoms with Crippen LogP contribution in [0.1, 0.15) is 30.6 Å². The smallest absolute Gasteiger partial charge is 0.322 e. The molecule has 1 aromatic heterocycles. The molecule has 0 radical (unpaired) electrons. The second-order valence-corrected chi connectivity index (χ2v) is 8.15. The Morgan fingerprint density at radius 1 is 1.21 bits per heavy atom. The molecule has 0 aliphatic carbocycles. The lowest BCUT2D eigenvalue weighted by Crippen LogP contribution is -2.32. The van der Waals surface area contributed by atoms with Gasteiger partial charge in [0.05, 0.1) is 4.90 Å². The molecule has 3 aromatic rings. The number of sulfonamides is 1. The van der Waals surface area contributed by atoms with E-state index in [0.29, 0.717) is 23.2 Å². The largest absolute Gasteiger partial charge is 0.439 e. The van der Waals surface area contributed by atoms with Gasteiger partial charge in [0.2, 0.25) is 10.0 Å². The summed E-state index contributed by atoms with van der Waals surface area (Å²) in [5.41, 5.74) is 1.34. The number of hydrogen-bond donors (Lipinski definition) is 3. The van der Waals surface area contributed by atoms with E-state index in [1.54, 1.807) is 31.2 Å². The molecular weight excluding hydrogens is 396 g/mol. The highest BCUT2D eigenvalue weighted by Crippen LogP contribution is 2.19. The first-order valence-corrected chi connectivity index (χ1v) is 10.4. The van der Waals surface area contributed by atoms with Gasteiger partial charge in [0.1, 0.15) is 0 Å². The molecule has 152 valence electrons. The van der Waals surface area contributed by atoms with Crippen molar-refractivity contribution in [2.75, 3.05) is 5.32 Å². The molecule has 0 bridgehead atoms. The Morgan fingerprint density at radius 2 is 1.93 bits per heavy atom. The van der Waals surface area contributed by atoms with Gasteiger partial charge in [-0.3, -0.25) is 14.3 Å². The van der Waals surface area contributed by atoms with Crippen molar-refractivity contribution < 1.29 is 17.7 Å². The predicted molar refractivity (Wildman–Crippen MR) is 107 cm³/mol. The lowest BCUT2D eigenvalue weighted by Gasteiger charge is -2.12. The number of aromatic amines is 1. The molecule has 0 spiro atoms. The Hall–Kier alpha value is -3.24. The van der Waals surface area contributed by atoms with Crippen LogP contribution in [0.2, 0.25) is 0 Å². The topological polar surface area (TPSA) is 134 Å². The Morgan fingerprint density at radius 3 is 2.55 bits per heavy atom. The standard InChI is InChI=1S/C19H20N4O5S/c1-3-12(2)23-29(26,27)16-9-7-13(8-10-16)18(24)20-15-6-4-5-14(11-15)17-21-19(25)28-22-17/h4-12,23H,3H2,1-2H3,(H,20,24)(H,21,22,25). The Bertz CT molecular complexity index is 1170. The fourth-order valence-electron chi connectivity index (χ4n) is 2.50. The lowest BCUT2D eigenvalue weighted by atomic mass is 10.1. The zero-order valence-corrected chi connectivity index (χ0v) is 16.6. The van der Waals surface area contributed by atoms with Gasteiger partial charge in [0.15, 0.2) is 5.82 Å². The van der Waals surface area contributed by atoms with E-state index in [1.807, 2.05) is 6.92 Å². The second kappa shape index (κ2) is 8.41. The Labute approximate surface area is 167 Å². The van der Waals surface area contributed by atoms with Crippen LogP contribution in [0.4, 0.5) is 5.69 Å². The molecule has 9 nitrogen and oxygen atoms in total. The van der Waals surface area contributed by atoms with Gasteiger partial charge >= 0.3 is 5.76 Å². The van der Waals surface area contributed by atoms with E-state index in [4.69, 9.17) is 0 Å². The first kappa shape index (κ1) is 20.5. The van der Waals surface area contributed by atoms with Crippen LogP contribution in [0.5, 0.6) is 0 Å². The number of carbonyl (C=O) groups excluding carboxylic acids is 1. The maximum Gasteiger partial charge on any atom is 0.439 e. The van der Waals surface area contributed by atoms with Crippen LogP contribution < -0.4 is 15.8 Å². The van der Waals surface area contributed by atoms with Gasteiger partial charge in [-0.25, -0.2) is 17.9 Å². The van der Waals surface area contributed by atoms with E-state index >= 15 is 0 Å². The zero-order valence-electron chi connectivity index (χ0n) is 15.8. The maximum absolute atomic E-state index is 12.5. The van der Waals surface area contributed by atoms with Gasteiger partial charge in [-0.2, -0.15) is 0 Å². The first-order chi connectivity index (χ1) is 13.8. The fraction of sp³-hybridized carbons (Fsp3) is 0.211. The van der Waals surface area contributed by atoms with Crippen LogP contribution >= 0.6 is 0 Å². The number of anilines is 1. The summed E-state index contributed by atoms with van der Waals surface area (Å²) in [5.74, 6) is -0.837. The van der Waals surface area contributed by atoms with Crippen molar-refractivity contribution >= 4 is 21.6 Å². The van der Waals surface area contributed by atoms with Crippen LogP contribution in [-0.4, -0.2) is 30.5 Å². The summed E-state index contributed by atoms with van der Waals surface area (Å²) < 4.78 is 31.6. The summed E-state index contributed by atoms with van der Waals surface area (Å²) in [7, 11) is -3.63. The predicted octanol–water partition coefficient (Wildman–Crippen LogP) is 2.36. The van der Waals surface area contributed by atoms with Crippen LogP contribution in [0, 0.1) is 0 Å². The number of rotatable bonds is 7. The van der Waals surface area contributed by atoms with E-state index in [1.165, 1.54) is 24.3 Å². The minimum atomic E-state index is -3.63. The molecular formula is C19H20N4O5S. The van der Waals surface area contributed by atoms with Crippen molar-refractivity contribution in [2.45, 2.75) is 31.2 Å². The van der Waals surface area contributed by atoms with Gasteiger partial charge in [0, 0.05) is 22.9 Å². The maximum atomic E-state index is 12.5. The zero-order chi connectivity index (χ0) is 21.0. The Balaban J connectivity index is 1.74. The molecule has 0 aliphatic heterocycles. The van der Waals surface area contributed by atoms with Crippen LogP contribution in [0.25, 0.3) is 11.4 Å². The van der Waals surface area contributed by atoms with Gasteiger partial charge < -0.3 is 5.32 Å². The molecule has 0 saturated carbocycles. The molecule has 1 atom stereocenters. The molecule has 1 unspecified atom stereocenters. The highest BCUT2D eigenvalue weighted by molar-refractivity contribution is 7.89. The number of amides is 1.